The molecule has 2 heterocycles. The Kier molecular flexibility index (Phi) is 11.3. The van der Waals surface area contributed by atoms with E-state index in [0.717, 1.165) is 30.2 Å². The van der Waals surface area contributed by atoms with E-state index in [4.69, 9.17) is 9.47 Å². The zero-order valence-electron chi connectivity index (χ0n) is 28.3. The van der Waals surface area contributed by atoms with Crippen LogP contribution in [0.3, 0.4) is 0 Å². The summed E-state index contributed by atoms with van der Waals surface area (Å²) >= 11 is 0. The van der Waals surface area contributed by atoms with Crippen molar-refractivity contribution < 1.29 is 33.0 Å². The van der Waals surface area contributed by atoms with Gasteiger partial charge in [-0.25, -0.2) is 14.8 Å². The van der Waals surface area contributed by atoms with Crippen LogP contribution in [-0.4, -0.2) is 63.6 Å². The van der Waals surface area contributed by atoms with Crippen molar-refractivity contribution in [1.82, 2.24) is 14.9 Å². The highest BCUT2D eigenvalue weighted by molar-refractivity contribution is 5.76. The molecule has 2 aromatic carbocycles. The Morgan fingerprint density at radius 2 is 1.72 bits per heavy atom. The van der Waals surface area contributed by atoms with E-state index < -0.39 is 18.0 Å². The Balaban J connectivity index is 1.63. The number of para-hydroxylation sites is 2. The summed E-state index contributed by atoms with van der Waals surface area (Å²) in [5.41, 5.74) is 2.96. The molecule has 3 aromatic rings. The van der Waals surface area contributed by atoms with Crippen molar-refractivity contribution in [3.63, 3.8) is 0 Å². The van der Waals surface area contributed by atoms with Crippen LogP contribution in [0.4, 0.5) is 42.4 Å². The lowest BCUT2D eigenvalue weighted by Gasteiger charge is -2.34. The molecule has 4 rings (SSSR count). The van der Waals surface area contributed by atoms with Crippen molar-refractivity contribution in [2.45, 2.75) is 98.5 Å². The standard InChI is InChI=1S/C34H46F2N6O5/c1-20(2)38-25-11-9-10-12-27(25)42(44)30-29(46-31(35)36)19-37-32(40-30)39-26-17-22(5)24(18-28(26)45-21(3)4)23-13-15-41(16-14-23)33(43)47-34(6,7)8/h9-12,17-21,23,31,38,44H,13-16H2,1-8H3,(H,37,39,40). The fourth-order valence-corrected chi connectivity index (χ4v) is 5.37. The van der Waals surface area contributed by atoms with E-state index in [-0.39, 0.29) is 41.6 Å². The Morgan fingerprint density at radius 1 is 1.04 bits per heavy atom. The summed E-state index contributed by atoms with van der Waals surface area (Å²) in [6.45, 7) is 13.3. The van der Waals surface area contributed by atoms with Crippen molar-refractivity contribution >= 4 is 34.9 Å². The zero-order valence-corrected chi connectivity index (χ0v) is 28.3. The topological polar surface area (TPSA) is 121 Å². The van der Waals surface area contributed by atoms with Crippen LogP contribution in [0.1, 0.15) is 78.4 Å². The number of anilines is 5. The van der Waals surface area contributed by atoms with Crippen molar-refractivity contribution in [3.8, 4) is 11.5 Å². The van der Waals surface area contributed by atoms with Crippen LogP contribution in [0.2, 0.25) is 0 Å². The third-order valence-corrected chi connectivity index (χ3v) is 7.29. The summed E-state index contributed by atoms with van der Waals surface area (Å²) in [5, 5.41) is 18.3. The Bertz CT molecular complexity index is 1520. The van der Waals surface area contributed by atoms with Gasteiger partial charge in [0.1, 0.15) is 11.4 Å². The number of nitrogens with zero attached hydrogens (tertiary/aromatic N) is 4. The van der Waals surface area contributed by atoms with Gasteiger partial charge >= 0.3 is 12.7 Å². The number of rotatable bonds is 11. The van der Waals surface area contributed by atoms with Gasteiger partial charge < -0.3 is 29.7 Å². The lowest BCUT2D eigenvalue weighted by Crippen LogP contribution is -2.41. The molecule has 13 heteroatoms. The molecule has 0 spiro atoms. The Morgan fingerprint density at radius 3 is 2.34 bits per heavy atom. The smallest absolute Gasteiger partial charge is 0.410 e. The van der Waals surface area contributed by atoms with Crippen LogP contribution in [0.25, 0.3) is 0 Å². The maximum Gasteiger partial charge on any atom is 0.410 e. The van der Waals surface area contributed by atoms with E-state index in [1.54, 1.807) is 29.2 Å². The highest BCUT2D eigenvalue weighted by atomic mass is 19.3. The normalized spacial score (nSPS) is 14.0. The molecule has 47 heavy (non-hydrogen) atoms. The molecule has 256 valence electrons. The third kappa shape index (κ3) is 9.57. The number of aromatic nitrogens is 2. The molecular weight excluding hydrogens is 610 g/mol. The molecular formula is C34H46F2N6O5. The van der Waals surface area contributed by atoms with Crippen LogP contribution in [-0.2, 0) is 4.74 Å². The molecule has 1 saturated heterocycles. The average molecular weight is 657 g/mol. The number of piperidine rings is 1. The zero-order chi connectivity index (χ0) is 34.5. The summed E-state index contributed by atoms with van der Waals surface area (Å²) in [4.78, 5) is 22.9. The van der Waals surface area contributed by atoms with E-state index in [2.05, 4.69) is 25.3 Å². The van der Waals surface area contributed by atoms with Crippen LogP contribution in [0.15, 0.2) is 42.6 Å². The van der Waals surface area contributed by atoms with Crippen molar-refractivity contribution in [1.29, 1.82) is 0 Å². The first-order valence-corrected chi connectivity index (χ1v) is 15.8. The number of nitrogens with one attached hydrogen (secondary N) is 2. The minimum atomic E-state index is -3.16. The predicted molar refractivity (Wildman–Crippen MR) is 178 cm³/mol. The molecule has 11 nitrogen and oxygen atoms in total. The van der Waals surface area contributed by atoms with Crippen molar-refractivity contribution in [2.75, 3.05) is 28.8 Å². The van der Waals surface area contributed by atoms with Crippen LogP contribution in [0.5, 0.6) is 11.5 Å². The van der Waals surface area contributed by atoms with Crippen LogP contribution in [0, 0.1) is 6.92 Å². The van der Waals surface area contributed by atoms with Gasteiger partial charge in [0.05, 0.1) is 29.4 Å². The lowest BCUT2D eigenvalue weighted by atomic mass is 9.86. The lowest BCUT2D eigenvalue weighted by molar-refractivity contribution is -0.0502. The van der Waals surface area contributed by atoms with E-state index in [1.807, 2.05) is 67.5 Å². The number of likely N-dealkylation sites (tertiary alicyclic amines) is 1. The van der Waals surface area contributed by atoms with Gasteiger partial charge in [0, 0.05) is 19.1 Å². The number of benzene rings is 2. The SMILES string of the molecule is Cc1cc(Nc2ncc(OC(F)F)c(N(O)c3ccccc3NC(C)C)n2)c(OC(C)C)cc1C1CCN(C(=O)OC(C)(C)C)CC1. The summed E-state index contributed by atoms with van der Waals surface area (Å²) < 4.78 is 43.1. The van der Waals surface area contributed by atoms with E-state index in [1.165, 1.54) is 0 Å². The van der Waals surface area contributed by atoms with Gasteiger partial charge in [-0.1, -0.05) is 12.1 Å². The number of ether oxygens (including phenoxy) is 3. The van der Waals surface area contributed by atoms with E-state index in [9.17, 15) is 18.8 Å². The number of carbonyl (C=O) groups is 1. The number of carbonyl (C=O) groups excluding carboxylic acids is 1. The van der Waals surface area contributed by atoms with Crippen LogP contribution >= 0.6 is 0 Å². The van der Waals surface area contributed by atoms with E-state index in [0.29, 0.717) is 35.3 Å². The quantitative estimate of drug-likeness (QED) is 0.174. The summed E-state index contributed by atoms with van der Waals surface area (Å²) in [5.74, 6) is 0.0998. The van der Waals surface area contributed by atoms with Gasteiger partial charge in [-0.3, -0.25) is 5.21 Å². The average Bonchev–Trinajstić information content (AvgIpc) is 2.97. The molecule has 0 bridgehead atoms. The molecule has 0 unspecified atom stereocenters. The second kappa shape index (κ2) is 15.0. The fraction of sp³-hybridized carbons (Fsp3) is 0.500. The minimum Gasteiger partial charge on any atom is -0.489 e. The number of alkyl halides is 2. The van der Waals surface area contributed by atoms with Gasteiger partial charge in [0.2, 0.25) is 11.8 Å². The second-order valence-corrected chi connectivity index (χ2v) is 13.1. The molecule has 0 aliphatic carbocycles. The first-order valence-electron chi connectivity index (χ1n) is 15.8. The highest BCUT2D eigenvalue weighted by Crippen LogP contribution is 2.40. The van der Waals surface area contributed by atoms with Gasteiger partial charge in [-0.05, 0) is 110 Å². The maximum absolute atomic E-state index is 13.4. The molecule has 1 aliphatic rings. The summed E-state index contributed by atoms with van der Waals surface area (Å²) in [6.07, 6.45) is 2.16. The summed E-state index contributed by atoms with van der Waals surface area (Å²) in [6, 6.07) is 10.8. The molecule has 0 saturated carbocycles. The molecule has 1 fully saturated rings. The molecule has 1 aliphatic heterocycles. The first-order chi connectivity index (χ1) is 22.1. The van der Waals surface area contributed by atoms with Gasteiger partial charge in [-0.2, -0.15) is 13.8 Å². The number of hydrogen-bond donors (Lipinski definition) is 3. The Hall–Kier alpha value is -4.39. The molecule has 0 atom stereocenters. The van der Waals surface area contributed by atoms with Crippen LogP contribution < -0.4 is 25.2 Å². The van der Waals surface area contributed by atoms with Crippen molar-refractivity contribution in [2.24, 2.45) is 0 Å². The highest BCUT2D eigenvalue weighted by Gasteiger charge is 2.29. The second-order valence-electron chi connectivity index (χ2n) is 13.1. The maximum atomic E-state index is 13.4. The third-order valence-electron chi connectivity index (χ3n) is 7.29. The van der Waals surface area contributed by atoms with Gasteiger partial charge in [-0.15, -0.1) is 0 Å². The van der Waals surface area contributed by atoms with Crippen molar-refractivity contribution in [3.05, 3.63) is 53.7 Å². The number of amides is 1. The largest absolute Gasteiger partial charge is 0.489 e. The number of aryl methyl sites for hydroxylation is 1. The number of hydrogen-bond acceptors (Lipinski definition) is 10. The first kappa shape index (κ1) is 35.5. The number of halogens is 2. The molecule has 0 radical (unpaired) electrons. The van der Waals surface area contributed by atoms with Gasteiger partial charge in [0.25, 0.3) is 0 Å². The molecule has 1 aromatic heterocycles. The minimum absolute atomic E-state index is 0.0291. The molecule has 1 amide bonds. The summed E-state index contributed by atoms with van der Waals surface area (Å²) in [7, 11) is 0. The van der Waals surface area contributed by atoms with E-state index >= 15 is 0 Å². The molecule has 3 N–H and O–H groups in total. The Labute approximate surface area is 275 Å². The fourth-order valence-electron chi connectivity index (χ4n) is 5.37. The predicted octanol–water partition coefficient (Wildman–Crippen LogP) is 8.38. The monoisotopic (exact) mass is 656 g/mol. The van der Waals surface area contributed by atoms with Gasteiger partial charge in [0.15, 0.2) is 5.75 Å².